The average Bonchev–Trinajstić information content (AvgIpc) is 2.80. The summed E-state index contributed by atoms with van der Waals surface area (Å²) in [6, 6.07) is 14.9. The van der Waals surface area contributed by atoms with Crippen molar-refractivity contribution >= 4 is 40.2 Å². The number of nitrogens with two attached hydrogens (primary N) is 1. The molecule has 4 rings (SSSR count). The first-order valence-electron chi connectivity index (χ1n) is 10.8. The Balaban J connectivity index is 0.000000280. The Morgan fingerprint density at radius 2 is 1.75 bits per heavy atom. The van der Waals surface area contributed by atoms with E-state index in [-0.39, 0.29) is 27.8 Å². The molecule has 0 spiro atoms. The van der Waals surface area contributed by atoms with E-state index in [1.807, 2.05) is 0 Å². The predicted octanol–water partition coefficient (Wildman–Crippen LogP) is 2.56. The number of thiocarbonyl (C=S) groups is 1. The molecule has 9 nitrogen and oxygen atoms in total. The molecular formula is C26H23N2O7S-. The Kier molecular flexibility index (Phi) is 7.90. The molecule has 0 fully saturated rings. The van der Waals surface area contributed by atoms with Gasteiger partial charge in [-0.25, -0.2) is 4.79 Å². The number of aromatic carboxylic acids is 1. The molecule has 0 saturated carbocycles. The van der Waals surface area contributed by atoms with Gasteiger partial charge in [-0.1, -0.05) is 32.0 Å². The standard InChI is InChI=1S/C20H12O5.C6H12N2O2S/c21-11-5-7-15-17(9-11)25-18-10-12(22)6-8-16(18)19(15)13-3-1-2-4-14(13)20(23)24;1-3(2)4(5(9)10)8-6(7)11/h1-10,21H,(H,23,24);3-4H,1-2H3,(H,9,10)(H3,7,8,11)/p-1/t;4-/m.0/s1. The molecule has 10 heteroatoms. The van der Waals surface area contributed by atoms with Crippen LogP contribution in [-0.4, -0.2) is 33.3 Å². The number of aromatic hydroxyl groups is 1. The van der Waals surface area contributed by atoms with E-state index in [0.29, 0.717) is 33.4 Å². The molecule has 5 N–H and O–H groups in total. The highest BCUT2D eigenvalue weighted by Crippen LogP contribution is 2.41. The van der Waals surface area contributed by atoms with E-state index in [1.165, 1.54) is 30.3 Å². The van der Waals surface area contributed by atoms with Crippen LogP contribution < -0.4 is 21.6 Å². The van der Waals surface area contributed by atoms with Gasteiger partial charge in [-0.3, -0.25) is 4.79 Å². The van der Waals surface area contributed by atoms with Gasteiger partial charge in [0, 0.05) is 28.6 Å². The number of benzene rings is 3. The number of phenols is 1. The summed E-state index contributed by atoms with van der Waals surface area (Å²) in [6.45, 7) is 3.48. The van der Waals surface area contributed by atoms with Gasteiger partial charge in [0.25, 0.3) is 0 Å². The smallest absolute Gasteiger partial charge is 0.336 e. The van der Waals surface area contributed by atoms with Crippen LogP contribution in [0.4, 0.5) is 0 Å². The molecule has 2 aromatic carbocycles. The highest BCUT2D eigenvalue weighted by molar-refractivity contribution is 7.80. The first-order chi connectivity index (χ1) is 17.0. The van der Waals surface area contributed by atoms with Crippen LogP contribution in [0.3, 0.4) is 0 Å². The summed E-state index contributed by atoms with van der Waals surface area (Å²) in [5, 5.41) is 32.7. The highest BCUT2D eigenvalue weighted by Gasteiger charge is 2.21. The lowest BCUT2D eigenvalue weighted by atomic mass is 9.91. The third kappa shape index (κ3) is 5.78. The molecule has 0 saturated heterocycles. The third-order valence-electron chi connectivity index (χ3n) is 5.32. The molecule has 0 unspecified atom stereocenters. The number of carboxylic acid groups (broad SMARTS) is 2. The van der Waals surface area contributed by atoms with Crippen LogP contribution in [0, 0.1) is 5.92 Å². The quantitative estimate of drug-likeness (QED) is 0.233. The van der Waals surface area contributed by atoms with Crippen molar-refractivity contribution < 1.29 is 29.3 Å². The lowest BCUT2D eigenvalue weighted by molar-refractivity contribution is -0.309. The first-order valence-corrected chi connectivity index (χ1v) is 11.2. The molecule has 36 heavy (non-hydrogen) atoms. The van der Waals surface area contributed by atoms with Crippen LogP contribution in [-0.2, 0) is 4.79 Å². The Labute approximate surface area is 211 Å². The molecule has 0 bridgehead atoms. The number of nitrogens with one attached hydrogen (secondary N) is 1. The van der Waals surface area contributed by atoms with Crippen LogP contribution in [0.25, 0.3) is 33.4 Å². The van der Waals surface area contributed by atoms with Gasteiger partial charge in [-0.2, -0.15) is 0 Å². The minimum atomic E-state index is -1.19. The summed E-state index contributed by atoms with van der Waals surface area (Å²) in [7, 11) is 0. The van der Waals surface area contributed by atoms with Gasteiger partial charge in [0.05, 0.1) is 17.6 Å². The van der Waals surface area contributed by atoms with Gasteiger partial charge in [0.2, 0.25) is 0 Å². The number of carbonyl (C=O) groups excluding carboxylic acids is 1. The molecule has 0 aromatic heterocycles. The van der Waals surface area contributed by atoms with E-state index < -0.39 is 18.0 Å². The molecule has 1 atom stereocenters. The Morgan fingerprint density at radius 1 is 1.06 bits per heavy atom. The average molecular weight is 508 g/mol. The maximum absolute atomic E-state index is 11.7. The van der Waals surface area contributed by atoms with Crippen molar-refractivity contribution in [3.8, 4) is 28.2 Å². The van der Waals surface area contributed by atoms with Crippen molar-refractivity contribution in [3.05, 3.63) is 76.5 Å². The van der Waals surface area contributed by atoms with Crippen molar-refractivity contribution in [1.82, 2.24) is 5.32 Å². The molecule has 2 aliphatic rings. The van der Waals surface area contributed by atoms with Crippen molar-refractivity contribution in [2.75, 3.05) is 0 Å². The number of carboxylic acids is 2. The van der Waals surface area contributed by atoms with Crippen LogP contribution >= 0.6 is 12.2 Å². The van der Waals surface area contributed by atoms with Crippen LogP contribution in [0.5, 0.6) is 5.75 Å². The highest BCUT2D eigenvalue weighted by atomic mass is 32.1. The molecule has 2 aromatic rings. The zero-order valence-corrected chi connectivity index (χ0v) is 20.2. The number of fused-ring (bicyclic) bond motifs is 2. The Morgan fingerprint density at radius 3 is 2.33 bits per heavy atom. The maximum Gasteiger partial charge on any atom is 0.336 e. The van der Waals surface area contributed by atoms with E-state index in [0.717, 1.165) is 0 Å². The zero-order chi connectivity index (χ0) is 26.6. The number of hydrogen-bond acceptors (Lipinski definition) is 7. The number of hydrogen-bond donors (Lipinski definition) is 4. The number of carbonyl (C=O) groups is 2. The number of aliphatic carboxylic acids is 1. The second-order valence-corrected chi connectivity index (χ2v) is 8.66. The summed E-state index contributed by atoms with van der Waals surface area (Å²) >= 11 is 4.49. The monoisotopic (exact) mass is 507 g/mol. The third-order valence-corrected chi connectivity index (χ3v) is 5.44. The zero-order valence-electron chi connectivity index (χ0n) is 19.3. The van der Waals surface area contributed by atoms with E-state index in [9.17, 15) is 29.7 Å². The summed E-state index contributed by atoms with van der Waals surface area (Å²) in [4.78, 5) is 33.8. The van der Waals surface area contributed by atoms with Crippen molar-refractivity contribution in [3.63, 3.8) is 0 Å². The fourth-order valence-electron chi connectivity index (χ4n) is 3.69. The van der Waals surface area contributed by atoms with Crippen LogP contribution in [0.1, 0.15) is 24.2 Å². The van der Waals surface area contributed by atoms with Gasteiger partial charge in [0.15, 0.2) is 10.5 Å². The Bertz CT molecular complexity index is 1480. The predicted molar refractivity (Wildman–Crippen MR) is 137 cm³/mol. The first kappa shape index (κ1) is 26.2. The minimum Gasteiger partial charge on any atom is -0.548 e. The molecular weight excluding hydrogens is 484 g/mol. The second kappa shape index (κ2) is 10.9. The number of phenolic OH excluding ortho intramolecular Hbond substituents is 1. The van der Waals surface area contributed by atoms with E-state index >= 15 is 0 Å². The summed E-state index contributed by atoms with van der Waals surface area (Å²) in [5.41, 5.74) is 7.20. The second-order valence-electron chi connectivity index (χ2n) is 8.22. The van der Waals surface area contributed by atoms with Crippen LogP contribution in [0.15, 0.2) is 69.9 Å². The van der Waals surface area contributed by atoms with Gasteiger partial charge >= 0.3 is 5.97 Å². The van der Waals surface area contributed by atoms with Gasteiger partial charge < -0.3 is 35.6 Å². The van der Waals surface area contributed by atoms with Crippen molar-refractivity contribution in [1.29, 1.82) is 0 Å². The van der Waals surface area contributed by atoms with Crippen molar-refractivity contribution in [2.24, 2.45) is 11.7 Å². The van der Waals surface area contributed by atoms with E-state index in [1.54, 1.807) is 44.2 Å². The van der Waals surface area contributed by atoms with Gasteiger partial charge in [-0.05, 0) is 54.0 Å². The minimum absolute atomic E-state index is 0.0198. The normalized spacial score (nSPS) is 11.5. The summed E-state index contributed by atoms with van der Waals surface area (Å²) < 4.78 is 5.76. The van der Waals surface area contributed by atoms with E-state index in [2.05, 4.69) is 17.5 Å². The fraction of sp³-hybridized carbons (Fsp3) is 0.154. The molecule has 0 radical (unpaired) electrons. The van der Waals surface area contributed by atoms with Gasteiger partial charge in [0.1, 0.15) is 17.1 Å². The lowest BCUT2D eigenvalue weighted by Crippen LogP contribution is -2.52. The SMILES string of the molecule is CC(C)[C@H](NC(N)=S)C(=O)[O-].O=C(O)c1ccccc1-c1c2ccc(=O)cc-2oc2cc(O)ccc12. The molecule has 1 heterocycles. The fourth-order valence-corrected chi connectivity index (χ4v) is 3.81. The lowest BCUT2D eigenvalue weighted by Gasteiger charge is -2.22. The molecule has 0 amide bonds. The Hall–Kier alpha value is -4.44. The molecule has 1 aliphatic heterocycles. The maximum atomic E-state index is 11.7. The molecule has 186 valence electrons. The summed E-state index contributed by atoms with van der Waals surface area (Å²) in [5.74, 6) is -1.97. The van der Waals surface area contributed by atoms with Gasteiger partial charge in [-0.15, -0.1) is 0 Å². The topological polar surface area (TPSA) is 166 Å². The largest absolute Gasteiger partial charge is 0.548 e. The van der Waals surface area contributed by atoms with Crippen LogP contribution in [0.2, 0.25) is 0 Å². The number of rotatable bonds is 5. The molecule has 1 aliphatic carbocycles. The van der Waals surface area contributed by atoms with E-state index in [4.69, 9.17) is 10.2 Å². The summed E-state index contributed by atoms with van der Waals surface area (Å²) in [6.07, 6.45) is 0. The van der Waals surface area contributed by atoms with Crippen molar-refractivity contribution in [2.45, 2.75) is 19.9 Å².